The van der Waals surface area contributed by atoms with E-state index in [9.17, 15) is 14.4 Å². The number of amides is 2. The van der Waals surface area contributed by atoms with E-state index < -0.39 is 11.7 Å². The molecule has 2 amide bonds. The predicted octanol–water partition coefficient (Wildman–Crippen LogP) is 1.89. The van der Waals surface area contributed by atoms with Crippen molar-refractivity contribution in [2.75, 3.05) is 11.4 Å². The molecule has 20 heavy (non-hydrogen) atoms. The fraction of sp³-hybridized carbons (Fsp3) is 0.357. The third-order valence-corrected chi connectivity index (χ3v) is 3.75. The topological polar surface area (TPSA) is 66.5 Å². The van der Waals surface area contributed by atoms with Gasteiger partial charge in [0.25, 0.3) is 11.7 Å². The van der Waals surface area contributed by atoms with Crippen molar-refractivity contribution in [3.63, 3.8) is 0 Å². The molecular formula is C14H15BrN2O3. The molecule has 1 aromatic rings. The second-order valence-corrected chi connectivity index (χ2v) is 5.67. The van der Waals surface area contributed by atoms with E-state index in [2.05, 4.69) is 21.2 Å². The van der Waals surface area contributed by atoms with Gasteiger partial charge in [-0.1, -0.05) is 22.9 Å². The largest absolute Gasteiger partial charge is 0.352 e. The molecule has 0 saturated heterocycles. The fourth-order valence-corrected chi connectivity index (χ4v) is 2.34. The Labute approximate surface area is 125 Å². The highest BCUT2D eigenvalue weighted by atomic mass is 79.9. The highest BCUT2D eigenvalue weighted by Gasteiger charge is 2.36. The molecule has 5 nitrogen and oxygen atoms in total. The monoisotopic (exact) mass is 338 g/mol. The number of benzene rings is 1. The Hall–Kier alpha value is -1.69. The summed E-state index contributed by atoms with van der Waals surface area (Å²) in [5.74, 6) is -1.49. The van der Waals surface area contributed by atoms with Crippen LogP contribution in [0.1, 0.15) is 30.6 Å². The van der Waals surface area contributed by atoms with Crippen LogP contribution in [-0.4, -0.2) is 30.2 Å². The van der Waals surface area contributed by atoms with Crippen molar-refractivity contribution < 1.29 is 14.4 Å². The second-order valence-electron chi connectivity index (χ2n) is 4.76. The number of nitrogens with one attached hydrogen (secondary N) is 1. The van der Waals surface area contributed by atoms with Gasteiger partial charge in [0.05, 0.1) is 11.3 Å². The van der Waals surface area contributed by atoms with Crippen molar-refractivity contribution in [1.82, 2.24) is 5.32 Å². The van der Waals surface area contributed by atoms with E-state index in [0.29, 0.717) is 11.3 Å². The lowest BCUT2D eigenvalue weighted by Crippen LogP contribution is -2.42. The number of carbonyl (C=O) groups excluding carboxylic acids is 3. The van der Waals surface area contributed by atoms with E-state index in [0.717, 1.165) is 10.9 Å². The second kappa shape index (κ2) is 5.75. The van der Waals surface area contributed by atoms with E-state index in [4.69, 9.17) is 0 Å². The van der Waals surface area contributed by atoms with Crippen LogP contribution in [0.3, 0.4) is 0 Å². The summed E-state index contributed by atoms with van der Waals surface area (Å²) in [6.45, 7) is 3.71. The van der Waals surface area contributed by atoms with E-state index in [1.165, 1.54) is 4.90 Å². The fourth-order valence-electron chi connectivity index (χ4n) is 1.99. The number of halogens is 1. The summed E-state index contributed by atoms with van der Waals surface area (Å²) >= 11 is 3.30. The quantitative estimate of drug-likeness (QED) is 0.852. The minimum atomic E-state index is -0.655. The van der Waals surface area contributed by atoms with Gasteiger partial charge >= 0.3 is 0 Å². The molecule has 1 aromatic carbocycles. The molecule has 0 radical (unpaired) electrons. The van der Waals surface area contributed by atoms with Crippen molar-refractivity contribution >= 4 is 39.2 Å². The van der Waals surface area contributed by atoms with Gasteiger partial charge in [-0.2, -0.15) is 0 Å². The Balaban J connectivity index is 2.21. The minimum absolute atomic E-state index is 0.0397. The standard InChI is InChI=1S/C14H15BrN2O3/c1-3-8(2)16-12(18)7-17-11-6-9(15)4-5-10(11)13(19)14(17)20/h4-6,8H,3,7H2,1-2H3,(H,16,18). The maximum absolute atomic E-state index is 11.9. The zero-order valence-corrected chi connectivity index (χ0v) is 12.9. The molecule has 1 unspecified atom stereocenters. The maximum atomic E-state index is 11.9. The first kappa shape index (κ1) is 14.7. The normalized spacial score (nSPS) is 15.2. The van der Waals surface area contributed by atoms with E-state index >= 15 is 0 Å². The molecule has 1 aliphatic heterocycles. The minimum Gasteiger partial charge on any atom is -0.352 e. The number of hydrogen-bond acceptors (Lipinski definition) is 3. The van der Waals surface area contributed by atoms with Gasteiger partial charge < -0.3 is 5.32 Å². The number of Topliss-reactive ketones (excluding diaryl/α,β-unsaturated/α-hetero) is 1. The lowest BCUT2D eigenvalue weighted by molar-refractivity contribution is -0.122. The van der Waals surface area contributed by atoms with Crippen LogP contribution in [0.25, 0.3) is 0 Å². The Morgan fingerprint density at radius 1 is 1.40 bits per heavy atom. The third-order valence-electron chi connectivity index (χ3n) is 3.26. The van der Waals surface area contributed by atoms with Gasteiger partial charge in [0.2, 0.25) is 5.91 Å². The van der Waals surface area contributed by atoms with Gasteiger partial charge in [0, 0.05) is 10.5 Å². The van der Waals surface area contributed by atoms with Crippen LogP contribution in [0.4, 0.5) is 5.69 Å². The summed E-state index contributed by atoms with van der Waals surface area (Å²) in [7, 11) is 0. The molecule has 0 saturated carbocycles. The van der Waals surface area contributed by atoms with Crippen LogP contribution in [-0.2, 0) is 9.59 Å². The van der Waals surface area contributed by atoms with Crippen molar-refractivity contribution in [2.45, 2.75) is 26.3 Å². The molecule has 0 spiro atoms. The van der Waals surface area contributed by atoms with Crippen LogP contribution in [0.5, 0.6) is 0 Å². The molecule has 1 aliphatic rings. The smallest absolute Gasteiger partial charge is 0.299 e. The van der Waals surface area contributed by atoms with Gasteiger partial charge in [0.15, 0.2) is 0 Å². The third kappa shape index (κ3) is 2.75. The summed E-state index contributed by atoms with van der Waals surface area (Å²) in [5, 5.41) is 2.78. The molecule has 1 heterocycles. The van der Waals surface area contributed by atoms with Crippen molar-refractivity contribution in [3.05, 3.63) is 28.2 Å². The molecule has 1 N–H and O–H groups in total. The summed E-state index contributed by atoms with van der Waals surface area (Å²) in [4.78, 5) is 36.9. The summed E-state index contributed by atoms with van der Waals surface area (Å²) in [6.07, 6.45) is 0.806. The summed E-state index contributed by atoms with van der Waals surface area (Å²) in [6, 6.07) is 5.01. The highest BCUT2D eigenvalue weighted by Crippen LogP contribution is 2.31. The van der Waals surface area contributed by atoms with E-state index in [-0.39, 0.29) is 18.5 Å². The lowest BCUT2D eigenvalue weighted by atomic mass is 10.1. The number of anilines is 1. The van der Waals surface area contributed by atoms with Crippen molar-refractivity contribution in [3.8, 4) is 0 Å². The van der Waals surface area contributed by atoms with E-state index in [1.54, 1.807) is 18.2 Å². The number of ketones is 1. The van der Waals surface area contributed by atoms with Crippen LogP contribution in [0.15, 0.2) is 22.7 Å². The molecule has 0 aliphatic carbocycles. The van der Waals surface area contributed by atoms with Gasteiger partial charge in [0.1, 0.15) is 6.54 Å². The number of nitrogens with zero attached hydrogens (tertiary/aromatic N) is 1. The first-order valence-corrected chi connectivity index (χ1v) is 7.18. The van der Waals surface area contributed by atoms with E-state index in [1.807, 2.05) is 13.8 Å². The summed E-state index contributed by atoms with van der Waals surface area (Å²) in [5.41, 5.74) is 0.822. The van der Waals surface area contributed by atoms with Crippen molar-refractivity contribution in [1.29, 1.82) is 0 Å². The van der Waals surface area contributed by atoms with Gasteiger partial charge in [-0.15, -0.1) is 0 Å². The van der Waals surface area contributed by atoms with Gasteiger partial charge in [-0.3, -0.25) is 19.3 Å². The highest BCUT2D eigenvalue weighted by molar-refractivity contribution is 9.10. The molecular weight excluding hydrogens is 324 g/mol. The molecule has 2 rings (SSSR count). The molecule has 106 valence electrons. The Bertz CT molecular complexity index is 586. The van der Waals surface area contributed by atoms with Gasteiger partial charge in [-0.25, -0.2) is 0 Å². The van der Waals surface area contributed by atoms with Crippen LogP contribution < -0.4 is 10.2 Å². The number of carbonyl (C=O) groups is 3. The average Bonchev–Trinajstić information content (AvgIpc) is 2.63. The first-order chi connectivity index (χ1) is 9.43. The molecule has 6 heteroatoms. The zero-order chi connectivity index (χ0) is 14.9. The summed E-state index contributed by atoms with van der Waals surface area (Å²) < 4.78 is 0.756. The number of rotatable bonds is 4. The molecule has 0 aromatic heterocycles. The molecule has 1 atom stereocenters. The van der Waals surface area contributed by atoms with Crippen LogP contribution >= 0.6 is 15.9 Å². The maximum Gasteiger partial charge on any atom is 0.299 e. The first-order valence-electron chi connectivity index (χ1n) is 6.39. The van der Waals surface area contributed by atoms with Crippen molar-refractivity contribution in [2.24, 2.45) is 0 Å². The predicted molar refractivity (Wildman–Crippen MR) is 78.7 cm³/mol. The number of fused-ring (bicyclic) bond motifs is 1. The number of hydrogen-bond donors (Lipinski definition) is 1. The SMILES string of the molecule is CCC(C)NC(=O)CN1C(=O)C(=O)c2ccc(Br)cc21. The lowest BCUT2D eigenvalue weighted by Gasteiger charge is -2.18. The molecule has 0 bridgehead atoms. The van der Waals surface area contributed by atoms with Crippen LogP contribution in [0.2, 0.25) is 0 Å². The average molecular weight is 339 g/mol. The van der Waals surface area contributed by atoms with Gasteiger partial charge in [-0.05, 0) is 31.5 Å². The Morgan fingerprint density at radius 3 is 2.75 bits per heavy atom. The molecule has 0 fully saturated rings. The zero-order valence-electron chi connectivity index (χ0n) is 11.3. The Morgan fingerprint density at radius 2 is 2.10 bits per heavy atom. The Kier molecular flexibility index (Phi) is 4.23. The van der Waals surface area contributed by atoms with Crippen LogP contribution in [0, 0.1) is 0 Å².